The number of aryl methyl sites for hydroxylation is 1. The Kier molecular flexibility index (Phi) is 4.00. The largest absolute Gasteiger partial charge is 0.338 e. The summed E-state index contributed by atoms with van der Waals surface area (Å²) >= 11 is 0. The summed E-state index contributed by atoms with van der Waals surface area (Å²) in [5, 5.41) is 4.00. The van der Waals surface area contributed by atoms with E-state index in [1.807, 2.05) is 18.2 Å². The highest BCUT2D eigenvalue weighted by Crippen LogP contribution is 2.21. The molecular formula is C15H21N3O. The minimum Gasteiger partial charge on any atom is -0.338 e. The van der Waals surface area contributed by atoms with Crippen molar-refractivity contribution in [1.82, 2.24) is 10.1 Å². The molecule has 0 amide bonds. The Hall–Kier alpha value is -1.68. The van der Waals surface area contributed by atoms with Crippen molar-refractivity contribution in [3.05, 3.63) is 47.6 Å². The lowest BCUT2D eigenvalue weighted by Gasteiger charge is -2.11. The summed E-state index contributed by atoms with van der Waals surface area (Å²) in [7, 11) is 0. The molecule has 2 rings (SSSR count). The standard InChI is InChI=1S/C15H21N3O/c1-15(2,3)14-17-13(19-18-14)12(16)10-9-11-7-5-4-6-8-11/h4-8,12H,9-10,16H2,1-3H3. The first-order chi connectivity index (χ1) is 8.97. The maximum atomic E-state index is 6.10. The molecule has 0 bridgehead atoms. The molecule has 2 N–H and O–H groups in total. The monoisotopic (exact) mass is 259 g/mol. The molecule has 1 aromatic carbocycles. The molecule has 0 saturated carbocycles. The number of benzene rings is 1. The van der Waals surface area contributed by atoms with Crippen LogP contribution in [0.5, 0.6) is 0 Å². The number of aromatic nitrogens is 2. The van der Waals surface area contributed by atoms with E-state index < -0.39 is 0 Å². The molecular weight excluding hydrogens is 238 g/mol. The van der Waals surface area contributed by atoms with Gasteiger partial charge in [0.15, 0.2) is 5.82 Å². The van der Waals surface area contributed by atoms with Gasteiger partial charge in [0.25, 0.3) is 0 Å². The van der Waals surface area contributed by atoms with E-state index in [9.17, 15) is 0 Å². The quantitative estimate of drug-likeness (QED) is 0.916. The first-order valence-electron chi connectivity index (χ1n) is 6.60. The molecule has 1 heterocycles. The Morgan fingerprint density at radius 3 is 2.47 bits per heavy atom. The van der Waals surface area contributed by atoms with E-state index in [1.54, 1.807) is 0 Å². The normalized spacial score (nSPS) is 13.5. The summed E-state index contributed by atoms with van der Waals surface area (Å²) in [6.07, 6.45) is 1.71. The second-order valence-corrected chi connectivity index (χ2v) is 5.84. The molecule has 0 radical (unpaired) electrons. The molecule has 1 atom stereocenters. The number of rotatable bonds is 4. The van der Waals surface area contributed by atoms with Crippen LogP contribution in [0.3, 0.4) is 0 Å². The smallest absolute Gasteiger partial charge is 0.243 e. The van der Waals surface area contributed by atoms with Crippen LogP contribution in [0.1, 0.15) is 50.5 Å². The third-order valence-electron chi connectivity index (χ3n) is 3.02. The fraction of sp³-hybridized carbons (Fsp3) is 0.467. The Balaban J connectivity index is 1.97. The summed E-state index contributed by atoms with van der Waals surface area (Å²) in [4.78, 5) is 4.39. The number of hydrogen-bond donors (Lipinski definition) is 1. The second kappa shape index (κ2) is 5.53. The highest BCUT2D eigenvalue weighted by molar-refractivity contribution is 5.15. The minimum absolute atomic E-state index is 0.110. The Bertz CT molecular complexity index is 514. The first-order valence-corrected chi connectivity index (χ1v) is 6.60. The highest BCUT2D eigenvalue weighted by Gasteiger charge is 2.23. The van der Waals surface area contributed by atoms with Gasteiger partial charge in [-0.2, -0.15) is 4.98 Å². The predicted octanol–water partition coefficient (Wildman–Crippen LogP) is 3.00. The van der Waals surface area contributed by atoms with Gasteiger partial charge in [-0.25, -0.2) is 0 Å². The number of nitrogens with zero attached hydrogens (tertiary/aromatic N) is 2. The lowest BCUT2D eigenvalue weighted by Crippen LogP contribution is -2.15. The van der Waals surface area contributed by atoms with Crippen LogP contribution < -0.4 is 5.73 Å². The number of nitrogens with two attached hydrogens (primary N) is 1. The van der Waals surface area contributed by atoms with Crippen molar-refractivity contribution in [3.63, 3.8) is 0 Å². The van der Waals surface area contributed by atoms with Crippen molar-refractivity contribution in [2.45, 2.75) is 45.1 Å². The van der Waals surface area contributed by atoms with E-state index in [2.05, 4.69) is 43.0 Å². The molecule has 0 aliphatic rings. The van der Waals surface area contributed by atoms with Gasteiger partial charge in [0.2, 0.25) is 5.89 Å². The van der Waals surface area contributed by atoms with Gasteiger partial charge >= 0.3 is 0 Å². The minimum atomic E-state index is -0.205. The Labute approximate surface area is 114 Å². The van der Waals surface area contributed by atoms with Gasteiger partial charge in [-0.05, 0) is 18.4 Å². The predicted molar refractivity (Wildman–Crippen MR) is 74.7 cm³/mol. The molecule has 0 aliphatic heterocycles. The number of hydrogen-bond acceptors (Lipinski definition) is 4. The van der Waals surface area contributed by atoms with E-state index in [1.165, 1.54) is 5.56 Å². The summed E-state index contributed by atoms with van der Waals surface area (Å²) < 4.78 is 5.26. The fourth-order valence-corrected chi connectivity index (χ4v) is 1.78. The van der Waals surface area contributed by atoms with Crippen LogP contribution in [0.4, 0.5) is 0 Å². The van der Waals surface area contributed by atoms with Gasteiger partial charge in [-0.15, -0.1) is 0 Å². The molecule has 0 fully saturated rings. The lowest BCUT2D eigenvalue weighted by atomic mass is 9.96. The van der Waals surface area contributed by atoms with Crippen molar-refractivity contribution in [3.8, 4) is 0 Å². The van der Waals surface area contributed by atoms with E-state index in [-0.39, 0.29) is 11.5 Å². The third kappa shape index (κ3) is 3.64. The zero-order chi connectivity index (χ0) is 13.9. The molecule has 102 valence electrons. The van der Waals surface area contributed by atoms with Crippen LogP contribution in [0.2, 0.25) is 0 Å². The first kappa shape index (κ1) is 13.7. The molecule has 1 aromatic heterocycles. The molecule has 0 saturated heterocycles. The maximum Gasteiger partial charge on any atom is 0.243 e. The van der Waals surface area contributed by atoms with Gasteiger partial charge in [-0.3, -0.25) is 0 Å². The molecule has 4 nitrogen and oxygen atoms in total. The van der Waals surface area contributed by atoms with E-state index in [0.29, 0.717) is 11.7 Å². The van der Waals surface area contributed by atoms with Crippen LogP contribution in [0, 0.1) is 0 Å². The van der Waals surface area contributed by atoms with Crippen molar-refractivity contribution >= 4 is 0 Å². The summed E-state index contributed by atoms with van der Waals surface area (Å²) in [6.45, 7) is 6.16. The molecule has 1 unspecified atom stereocenters. The van der Waals surface area contributed by atoms with Crippen molar-refractivity contribution < 1.29 is 4.52 Å². The van der Waals surface area contributed by atoms with Gasteiger partial charge in [-0.1, -0.05) is 56.3 Å². The van der Waals surface area contributed by atoms with E-state index >= 15 is 0 Å². The van der Waals surface area contributed by atoms with Crippen LogP contribution in [0.25, 0.3) is 0 Å². The second-order valence-electron chi connectivity index (χ2n) is 5.84. The Morgan fingerprint density at radius 1 is 1.21 bits per heavy atom. The lowest BCUT2D eigenvalue weighted by molar-refractivity contribution is 0.339. The molecule has 4 heteroatoms. The van der Waals surface area contributed by atoms with Crippen LogP contribution in [-0.4, -0.2) is 10.1 Å². The highest BCUT2D eigenvalue weighted by atomic mass is 16.5. The fourth-order valence-electron chi connectivity index (χ4n) is 1.78. The molecule has 2 aromatic rings. The molecule has 0 spiro atoms. The van der Waals surface area contributed by atoms with Crippen LogP contribution in [-0.2, 0) is 11.8 Å². The third-order valence-corrected chi connectivity index (χ3v) is 3.02. The molecule has 0 aliphatic carbocycles. The Morgan fingerprint density at radius 2 is 1.89 bits per heavy atom. The average molecular weight is 259 g/mol. The van der Waals surface area contributed by atoms with Crippen LogP contribution >= 0.6 is 0 Å². The zero-order valence-electron chi connectivity index (χ0n) is 11.8. The van der Waals surface area contributed by atoms with Crippen molar-refractivity contribution in [1.29, 1.82) is 0 Å². The maximum absolute atomic E-state index is 6.10. The molecule has 19 heavy (non-hydrogen) atoms. The van der Waals surface area contributed by atoms with Gasteiger partial charge in [0, 0.05) is 5.41 Å². The van der Waals surface area contributed by atoms with Gasteiger partial charge in [0.1, 0.15) is 0 Å². The van der Waals surface area contributed by atoms with E-state index in [4.69, 9.17) is 10.3 Å². The zero-order valence-corrected chi connectivity index (χ0v) is 11.8. The average Bonchev–Trinajstić information content (AvgIpc) is 2.87. The van der Waals surface area contributed by atoms with Crippen molar-refractivity contribution in [2.24, 2.45) is 5.73 Å². The van der Waals surface area contributed by atoms with Gasteiger partial charge < -0.3 is 10.3 Å². The topological polar surface area (TPSA) is 64.9 Å². The van der Waals surface area contributed by atoms with Crippen LogP contribution in [0.15, 0.2) is 34.9 Å². The summed E-state index contributed by atoms with van der Waals surface area (Å²) in [6, 6.07) is 10.1. The van der Waals surface area contributed by atoms with E-state index in [0.717, 1.165) is 12.8 Å². The SMILES string of the molecule is CC(C)(C)c1noc(C(N)CCc2ccccc2)n1. The summed E-state index contributed by atoms with van der Waals surface area (Å²) in [5.41, 5.74) is 7.26. The summed E-state index contributed by atoms with van der Waals surface area (Å²) in [5.74, 6) is 1.23. The van der Waals surface area contributed by atoms with Gasteiger partial charge in [0.05, 0.1) is 6.04 Å². The van der Waals surface area contributed by atoms with Crippen molar-refractivity contribution in [2.75, 3.05) is 0 Å².